The molecule has 0 bridgehead atoms. The Morgan fingerprint density at radius 1 is 0.970 bits per heavy atom. The molecule has 33 heavy (non-hydrogen) atoms. The minimum Gasteiger partial charge on any atom is -0.450 e. The molecule has 0 saturated carbocycles. The van der Waals surface area contributed by atoms with Crippen molar-refractivity contribution in [2.45, 2.75) is 25.3 Å². The lowest BCUT2D eigenvalue weighted by atomic mass is 10.2. The van der Waals surface area contributed by atoms with Crippen LogP contribution in [-0.2, 0) is 21.3 Å². The molecule has 2 aromatic carbocycles. The first-order valence-corrected chi connectivity index (χ1v) is 12.6. The third-order valence-electron chi connectivity index (χ3n) is 5.21. The summed E-state index contributed by atoms with van der Waals surface area (Å²) >= 11 is 12.1. The quantitative estimate of drug-likeness (QED) is 0.591. The zero-order valence-electron chi connectivity index (χ0n) is 18.3. The summed E-state index contributed by atoms with van der Waals surface area (Å²) in [5, 5.41) is 0.590. The first-order valence-electron chi connectivity index (χ1n) is 10.4. The lowest BCUT2D eigenvalue weighted by molar-refractivity contribution is 0.0822. The summed E-state index contributed by atoms with van der Waals surface area (Å²) in [4.78, 5) is 28.3. The van der Waals surface area contributed by atoms with Crippen LogP contribution in [0.5, 0.6) is 0 Å². The molecule has 2 aromatic rings. The first-order chi connectivity index (χ1) is 15.6. The normalized spacial score (nSPS) is 14.2. The Balaban J connectivity index is 1.88. The van der Waals surface area contributed by atoms with Crippen molar-refractivity contribution in [3.63, 3.8) is 0 Å². The Labute approximate surface area is 203 Å². The summed E-state index contributed by atoms with van der Waals surface area (Å²) in [7, 11) is -4.17. The fraction of sp³-hybridized carbons (Fsp3) is 0.364. The molecule has 178 valence electrons. The van der Waals surface area contributed by atoms with E-state index in [1.165, 1.54) is 28.0 Å². The van der Waals surface area contributed by atoms with Crippen molar-refractivity contribution >= 4 is 45.3 Å². The molecule has 1 heterocycles. The highest BCUT2D eigenvalue weighted by molar-refractivity contribution is 7.89. The van der Waals surface area contributed by atoms with E-state index in [0.717, 1.165) is 9.87 Å². The predicted molar refractivity (Wildman–Crippen MR) is 126 cm³/mol. The number of piperazine rings is 1. The van der Waals surface area contributed by atoms with Crippen LogP contribution in [-0.4, -0.2) is 67.4 Å². The van der Waals surface area contributed by atoms with Crippen molar-refractivity contribution < 1.29 is 22.7 Å². The highest BCUT2D eigenvalue weighted by atomic mass is 35.5. The lowest BCUT2D eigenvalue weighted by Crippen LogP contribution is -2.54. The molecular weight excluding hydrogens is 489 g/mol. The van der Waals surface area contributed by atoms with Gasteiger partial charge in [-0.25, -0.2) is 22.3 Å². The van der Waals surface area contributed by atoms with E-state index in [0.29, 0.717) is 10.6 Å². The molecule has 0 atom stereocenters. The van der Waals surface area contributed by atoms with Crippen molar-refractivity contribution in [1.82, 2.24) is 14.1 Å². The van der Waals surface area contributed by atoms with Crippen LogP contribution in [0.15, 0.2) is 47.4 Å². The minimum absolute atomic E-state index is 0.00618. The zero-order chi connectivity index (χ0) is 24.2. The number of aryl methyl sites for hydroxylation is 1. The summed E-state index contributed by atoms with van der Waals surface area (Å²) in [6.07, 6.45) is -0.454. The number of carbonyl (C=O) groups is 2. The number of ether oxygens (including phenoxy) is 1. The maximum absolute atomic E-state index is 13.5. The number of rotatable bonds is 5. The maximum atomic E-state index is 13.5. The first kappa shape index (κ1) is 25.1. The fourth-order valence-corrected chi connectivity index (χ4v) is 5.04. The zero-order valence-corrected chi connectivity index (χ0v) is 20.7. The van der Waals surface area contributed by atoms with E-state index >= 15 is 0 Å². The average Bonchev–Trinajstić information content (AvgIpc) is 2.79. The molecule has 0 radical (unpaired) electrons. The van der Waals surface area contributed by atoms with Crippen LogP contribution < -0.4 is 0 Å². The van der Waals surface area contributed by atoms with Gasteiger partial charge in [-0.3, -0.25) is 0 Å². The standard InChI is InChI=1S/C22H25Cl2N3O5S/c1-3-32-22(29)26-12-10-25(11-13-26)21(28)27(15-17-6-9-19(23)20(24)14-17)33(30,31)18-7-4-16(2)5-8-18/h4-9,14H,3,10-13,15H2,1-2H3. The minimum atomic E-state index is -4.17. The Bertz CT molecular complexity index is 1120. The van der Waals surface area contributed by atoms with Crippen molar-refractivity contribution in [1.29, 1.82) is 0 Å². The smallest absolute Gasteiger partial charge is 0.409 e. The Morgan fingerprint density at radius 3 is 2.15 bits per heavy atom. The van der Waals surface area contributed by atoms with Crippen LogP contribution in [0, 0.1) is 6.92 Å². The van der Waals surface area contributed by atoms with Crippen LogP contribution in [0.4, 0.5) is 9.59 Å². The predicted octanol–water partition coefficient (Wildman–Crippen LogP) is 4.39. The second-order valence-electron chi connectivity index (χ2n) is 7.53. The van der Waals surface area contributed by atoms with E-state index in [1.54, 1.807) is 31.2 Å². The van der Waals surface area contributed by atoms with Crippen LogP contribution in [0.25, 0.3) is 0 Å². The number of sulfonamides is 1. The molecule has 1 aliphatic rings. The molecule has 0 N–H and O–H groups in total. The maximum Gasteiger partial charge on any atom is 0.409 e. The number of nitrogens with zero attached hydrogens (tertiary/aromatic N) is 3. The van der Waals surface area contributed by atoms with E-state index in [9.17, 15) is 18.0 Å². The Kier molecular flexibility index (Phi) is 8.10. The number of urea groups is 1. The number of carbonyl (C=O) groups excluding carboxylic acids is 2. The van der Waals surface area contributed by atoms with E-state index in [1.807, 2.05) is 6.92 Å². The second kappa shape index (κ2) is 10.6. The van der Waals surface area contributed by atoms with Gasteiger partial charge in [0.15, 0.2) is 0 Å². The molecule has 3 rings (SSSR count). The van der Waals surface area contributed by atoms with Gasteiger partial charge in [0.2, 0.25) is 0 Å². The monoisotopic (exact) mass is 513 g/mol. The second-order valence-corrected chi connectivity index (χ2v) is 10.2. The van der Waals surface area contributed by atoms with Gasteiger partial charge in [-0.15, -0.1) is 0 Å². The average molecular weight is 514 g/mol. The lowest BCUT2D eigenvalue weighted by Gasteiger charge is -2.36. The third-order valence-corrected chi connectivity index (χ3v) is 7.68. The molecule has 1 saturated heterocycles. The largest absolute Gasteiger partial charge is 0.450 e. The van der Waals surface area contributed by atoms with Crippen molar-refractivity contribution in [3.8, 4) is 0 Å². The summed E-state index contributed by atoms with van der Waals surface area (Å²) in [6, 6.07) is 10.3. The molecule has 11 heteroatoms. The van der Waals surface area contributed by atoms with Gasteiger partial charge in [-0.1, -0.05) is 47.0 Å². The molecular formula is C22H25Cl2N3O5S. The van der Waals surface area contributed by atoms with Crippen LogP contribution >= 0.6 is 23.2 Å². The molecule has 0 unspecified atom stereocenters. The number of amides is 3. The van der Waals surface area contributed by atoms with Gasteiger partial charge in [0, 0.05) is 26.2 Å². The number of benzene rings is 2. The van der Waals surface area contributed by atoms with Crippen LogP contribution in [0.1, 0.15) is 18.1 Å². The van der Waals surface area contributed by atoms with Gasteiger partial charge in [0.1, 0.15) is 0 Å². The molecule has 1 fully saturated rings. The summed E-state index contributed by atoms with van der Waals surface area (Å²) in [5.41, 5.74) is 1.41. The third kappa shape index (κ3) is 5.90. The number of hydrogen-bond donors (Lipinski definition) is 0. The fourth-order valence-electron chi connectivity index (χ4n) is 3.35. The van der Waals surface area contributed by atoms with E-state index in [4.69, 9.17) is 27.9 Å². The van der Waals surface area contributed by atoms with Gasteiger partial charge in [-0.05, 0) is 43.7 Å². The van der Waals surface area contributed by atoms with Gasteiger partial charge in [-0.2, -0.15) is 0 Å². The molecule has 1 aliphatic heterocycles. The van der Waals surface area contributed by atoms with Crippen molar-refractivity contribution in [2.75, 3.05) is 32.8 Å². The molecule has 3 amide bonds. The van der Waals surface area contributed by atoms with E-state index < -0.39 is 22.1 Å². The summed E-state index contributed by atoms with van der Waals surface area (Å²) in [5.74, 6) is 0. The Hall–Kier alpha value is -2.49. The summed E-state index contributed by atoms with van der Waals surface area (Å²) in [6.45, 7) is 4.45. The van der Waals surface area contributed by atoms with Crippen molar-refractivity contribution in [2.24, 2.45) is 0 Å². The van der Waals surface area contributed by atoms with Crippen LogP contribution in [0.3, 0.4) is 0 Å². The summed E-state index contributed by atoms with van der Waals surface area (Å²) < 4.78 is 32.8. The van der Waals surface area contributed by atoms with Gasteiger partial charge in [0.05, 0.1) is 28.1 Å². The van der Waals surface area contributed by atoms with Gasteiger partial charge in [0.25, 0.3) is 10.0 Å². The van der Waals surface area contributed by atoms with E-state index in [2.05, 4.69) is 0 Å². The Morgan fingerprint density at radius 2 is 1.58 bits per heavy atom. The van der Waals surface area contributed by atoms with Gasteiger partial charge >= 0.3 is 12.1 Å². The van der Waals surface area contributed by atoms with Crippen molar-refractivity contribution in [3.05, 3.63) is 63.6 Å². The number of hydrogen-bond acceptors (Lipinski definition) is 5. The van der Waals surface area contributed by atoms with E-state index in [-0.39, 0.29) is 49.2 Å². The topological polar surface area (TPSA) is 87.2 Å². The van der Waals surface area contributed by atoms with Crippen LogP contribution in [0.2, 0.25) is 10.0 Å². The van der Waals surface area contributed by atoms with Gasteiger partial charge < -0.3 is 14.5 Å². The molecule has 0 aromatic heterocycles. The molecule has 0 aliphatic carbocycles. The molecule has 8 nitrogen and oxygen atoms in total. The molecule has 0 spiro atoms. The SMILES string of the molecule is CCOC(=O)N1CCN(C(=O)N(Cc2ccc(Cl)c(Cl)c2)S(=O)(=O)c2ccc(C)cc2)CC1. The highest BCUT2D eigenvalue weighted by Crippen LogP contribution is 2.26. The highest BCUT2D eigenvalue weighted by Gasteiger charge is 2.35. The number of halogens is 2.